The first-order valence-electron chi connectivity index (χ1n) is 6.78. The van der Waals surface area contributed by atoms with E-state index in [1.807, 2.05) is 24.3 Å². The van der Waals surface area contributed by atoms with Crippen LogP contribution in [0, 0.1) is 0 Å². The Bertz CT molecular complexity index is 1320. The van der Waals surface area contributed by atoms with Gasteiger partial charge in [-0.3, -0.25) is 4.79 Å². The predicted octanol–water partition coefficient (Wildman–Crippen LogP) is 1.90. The van der Waals surface area contributed by atoms with E-state index < -0.39 is 5.69 Å². The van der Waals surface area contributed by atoms with Crippen LogP contribution in [0.15, 0.2) is 46.0 Å². The summed E-state index contributed by atoms with van der Waals surface area (Å²) in [6, 6.07) is 11.0. The fourth-order valence-corrected chi connectivity index (χ4v) is 2.99. The monoisotopic (exact) mass is 288 g/mol. The SMILES string of the molecule is O=c1nc2cc3[nH]c4c(=O)c5ccccc5c4[nH]c3cc2n1. The molecule has 0 aliphatic heterocycles. The summed E-state index contributed by atoms with van der Waals surface area (Å²) in [5.74, 6) is 0. The Balaban J connectivity index is 2.05. The van der Waals surface area contributed by atoms with Crippen molar-refractivity contribution in [1.82, 2.24) is 19.9 Å². The molecule has 104 valence electrons. The van der Waals surface area contributed by atoms with E-state index in [0.717, 1.165) is 16.4 Å². The molecule has 2 aromatic heterocycles. The van der Waals surface area contributed by atoms with Crippen molar-refractivity contribution in [3.8, 4) is 0 Å². The Morgan fingerprint density at radius 1 is 0.773 bits per heavy atom. The third kappa shape index (κ3) is 1.33. The third-order valence-corrected chi connectivity index (χ3v) is 3.98. The first kappa shape index (κ1) is 11.4. The summed E-state index contributed by atoms with van der Waals surface area (Å²) in [7, 11) is 0. The lowest BCUT2D eigenvalue weighted by molar-refractivity contribution is 1.22. The zero-order valence-corrected chi connectivity index (χ0v) is 11.2. The maximum Gasteiger partial charge on any atom is 0.368 e. The van der Waals surface area contributed by atoms with Gasteiger partial charge in [0.2, 0.25) is 5.43 Å². The second kappa shape index (κ2) is 3.67. The summed E-state index contributed by atoms with van der Waals surface area (Å²) in [6.45, 7) is 0. The minimum Gasteiger partial charge on any atom is -0.351 e. The molecule has 5 rings (SSSR count). The number of aromatic amines is 2. The van der Waals surface area contributed by atoms with E-state index in [1.165, 1.54) is 0 Å². The van der Waals surface area contributed by atoms with Crippen LogP contribution in [0.5, 0.6) is 0 Å². The van der Waals surface area contributed by atoms with Crippen molar-refractivity contribution in [2.45, 2.75) is 0 Å². The number of imidazole rings is 1. The lowest BCUT2D eigenvalue weighted by atomic mass is 10.2. The van der Waals surface area contributed by atoms with Crippen molar-refractivity contribution < 1.29 is 0 Å². The van der Waals surface area contributed by atoms with Gasteiger partial charge in [0.15, 0.2) is 0 Å². The molecule has 2 N–H and O–H groups in total. The largest absolute Gasteiger partial charge is 0.368 e. The molecule has 0 radical (unpaired) electrons. The van der Waals surface area contributed by atoms with E-state index in [-0.39, 0.29) is 5.43 Å². The zero-order valence-electron chi connectivity index (χ0n) is 11.2. The maximum atomic E-state index is 12.5. The Labute approximate surface area is 121 Å². The predicted molar refractivity (Wildman–Crippen MR) is 84.5 cm³/mol. The maximum absolute atomic E-state index is 12.5. The van der Waals surface area contributed by atoms with Crippen LogP contribution in [0.25, 0.3) is 43.9 Å². The normalized spacial score (nSPS) is 12.0. The van der Waals surface area contributed by atoms with Crippen molar-refractivity contribution in [1.29, 1.82) is 0 Å². The molecule has 0 bridgehead atoms. The second-order valence-corrected chi connectivity index (χ2v) is 5.27. The molecule has 0 saturated heterocycles. The molecule has 0 unspecified atom stereocenters. The third-order valence-electron chi connectivity index (χ3n) is 3.98. The number of benzene rings is 2. The van der Waals surface area contributed by atoms with Crippen LogP contribution < -0.4 is 11.1 Å². The van der Waals surface area contributed by atoms with Crippen LogP contribution >= 0.6 is 0 Å². The highest BCUT2D eigenvalue weighted by Crippen LogP contribution is 2.24. The van der Waals surface area contributed by atoms with Crippen LogP contribution in [0.3, 0.4) is 0 Å². The highest BCUT2D eigenvalue weighted by Gasteiger charge is 2.12. The molecule has 0 aliphatic carbocycles. The number of H-pyrrole nitrogens is 2. The van der Waals surface area contributed by atoms with Gasteiger partial charge in [0.1, 0.15) is 5.52 Å². The zero-order chi connectivity index (χ0) is 14.8. The lowest BCUT2D eigenvalue weighted by Crippen LogP contribution is -1.99. The summed E-state index contributed by atoms with van der Waals surface area (Å²) in [6.07, 6.45) is 0. The van der Waals surface area contributed by atoms with E-state index in [0.29, 0.717) is 27.5 Å². The first-order chi connectivity index (χ1) is 10.7. The summed E-state index contributed by atoms with van der Waals surface area (Å²) in [4.78, 5) is 37.9. The van der Waals surface area contributed by atoms with Gasteiger partial charge < -0.3 is 9.97 Å². The van der Waals surface area contributed by atoms with Crippen LogP contribution in [0.2, 0.25) is 0 Å². The second-order valence-electron chi connectivity index (χ2n) is 5.27. The first-order valence-corrected chi connectivity index (χ1v) is 6.78. The van der Waals surface area contributed by atoms with E-state index in [4.69, 9.17) is 0 Å². The van der Waals surface area contributed by atoms with Crippen LogP contribution in [-0.4, -0.2) is 19.9 Å². The van der Waals surface area contributed by atoms with Crippen LogP contribution in [0.1, 0.15) is 0 Å². The lowest BCUT2D eigenvalue weighted by Gasteiger charge is -2.01. The van der Waals surface area contributed by atoms with Gasteiger partial charge in [0.25, 0.3) is 0 Å². The molecule has 0 spiro atoms. The quantitative estimate of drug-likeness (QED) is 0.455. The van der Waals surface area contributed by atoms with Crippen molar-refractivity contribution in [2.24, 2.45) is 0 Å². The topological polar surface area (TPSA) is 91.5 Å². The number of aromatic nitrogens is 4. The van der Waals surface area contributed by atoms with E-state index in [1.54, 1.807) is 12.1 Å². The summed E-state index contributed by atoms with van der Waals surface area (Å²) in [5, 5.41) is 1.55. The van der Waals surface area contributed by atoms with E-state index in [9.17, 15) is 9.59 Å². The van der Waals surface area contributed by atoms with Gasteiger partial charge in [-0.2, -0.15) is 9.97 Å². The van der Waals surface area contributed by atoms with Gasteiger partial charge in [0.05, 0.1) is 27.6 Å². The molecule has 2 heterocycles. The Morgan fingerprint density at radius 2 is 1.36 bits per heavy atom. The Hall–Kier alpha value is -3.28. The number of hydrogen-bond acceptors (Lipinski definition) is 4. The molecular weight excluding hydrogens is 280 g/mol. The van der Waals surface area contributed by atoms with Gasteiger partial charge in [-0.15, -0.1) is 0 Å². The fraction of sp³-hybridized carbons (Fsp3) is 0. The highest BCUT2D eigenvalue weighted by atomic mass is 16.1. The number of rotatable bonds is 0. The molecule has 5 aromatic rings. The molecule has 6 heteroatoms. The van der Waals surface area contributed by atoms with Gasteiger partial charge in [-0.25, -0.2) is 4.79 Å². The molecule has 0 amide bonds. The van der Waals surface area contributed by atoms with Crippen molar-refractivity contribution in [2.75, 3.05) is 0 Å². The minimum absolute atomic E-state index is 0.0399. The summed E-state index contributed by atoms with van der Waals surface area (Å²) in [5.41, 5.74) is 3.29. The average molecular weight is 288 g/mol. The fourth-order valence-electron chi connectivity index (χ4n) is 2.99. The standard InChI is InChI=1S/C16H8N4O2/c21-15-8-4-2-1-3-7(8)13-14(15)18-10-6-12-11(5-9(10)17-13)19-16(22)20-12/h1-6,17-18H. The minimum atomic E-state index is -0.501. The van der Waals surface area contributed by atoms with Gasteiger partial charge in [-0.1, -0.05) is 24.3 Å². The van der Waals surface area contributed by atoms with Crippen molar-refractivity contribution in [3.63, 3.8) is 0 Å². The number of nitrogens with one attached hydrogen (secondary N) is 2. The van der Waals surface area contributed by atoms with Crippen LogP contribution in [-0.2, 0) is 0 Å². The van der Waals surface area contributed by atoms with Gasteiger partial charge in [-0.05, 0) is 12.1 Å². The van der Waals surface area contributed by atoms with Gasteiger partial charge >= 0.3 is 5.69 Å². The van der Waals surface area contributed by atoms with Crippen LogP contribution in [0.4, 0.5) is 0 Å². The van der Waals surface area contributed by atoms with Crippen molar-refractivity contribution >= 4 is 43.9 Å². The smallest absolute Gasteiger partial charge is 0.351 e. The molecule has 22 heavy (non-hydrogen) atoms. The molecular formula is C16H8N4O2. The average Bonchev–Trinajstić information content (AvgIpc) is 3.01. The Kier molecular flexibility index (Phi) is 1.90. The summed E-state index contributed by atoms with van der Waals surface area (Å²) >= 11 is 0. The Morgan fingerprint density at radius 3 is 2.05 bits per heavy atom. The molecule has 0 saturated carbocycles. The highest BCUT2D eigenvalue weighted by molar-refractivity contribution is 6.10. The van der Waals surface area contributed by atoms with E-state index >= 15 is 0 Å². The number of nitrogens with zero attached hydrogens (tertiary/aromatic N) is 2. The molecule has 0 aliphatic rings. The number of fused-ring (bicyclic) bond motifs is 5. The van der Waals surface area contributed by atoms with Crippen molar-refractivity contribution in [3.05, 3.63) is 57.1 Å². The number of hydrogen-bond donors (Lipinski definition) is 2. The summed E-state index contributed by atoms with van der Waals surface area (Å²) < 4.78 is 0. The van der Waals surface area contributed by atoms with Gasteiger partial charge in [0, 0.05) is 10.8 Å². The molecule has 3 aromatic carbocycles. The molecule has 0 fully saturated rings. The molecule has 0 atom stereocenters. The molecule has 6 nitrogen and oxygen atoms in total. The van der Waals surface area contributed by atoms with E-state index in [2.05, 4.69) is 19.9 Å².